The zero-order chi connectivity index (χ0) is 16.3. The van der Waals surface area contributed by atoms with Crippen LogP contribution in [-0.4, -0.2) is 83.0 Å². The van der Waals surface area contributed by atoms with Gasteiger partial charge in [0.2, 0.25) is 0 Å². The molecule has 0 radical (unpaired) electrons. The van der Waals surface area contributed by atoms with Crippen LogP contribution in [0.1, 0.15) is 5.69 Å². The molecule has 11 heteroatoms. The van der Waals surface area contributed by atoms with Gasteiger partial charge in [-0.15, -0.1) is 16.9 Å². The van der Waals surface area contributed by atoms with E-state index in [1.165, 1.54) is 6.20 Å². The molecule has 0 bridgehead atoms. The van der Waals surface area contributed by atoms with Crippen LogP contribution in [0.2, 0.25) is 0 Å². The van der Waals surface area contributed by atoms with Crippen LogP contribution in [0.4, 0.5) is 0 Å². The second-order valence-electron chi connectivity index (χ2n) is 4.81. The largest absolute Gasteiger partial charge is 0.480 e. The van der Waals surface area contributed by atoms with Crippen molar-refractivity contribution in [3.8, 4) is 0 Å². The van der Waals surface area contributed by atoms with Gasteiger partial charge in [0.05, 0.1) is 12.3 Å². The molecule has 124 valence electrons. The van der Waals surface area contributed by atoms with Gasteiger partial charge >= 0.3 is 5.97 Å². The Hall–Kier alpha value is -1.24. The van der Waals surface area contributed by atoms with Crippen LogP contribution in [0.15, 0.2) is 6.20 Å². The standard InChI is InChI=1S/C11H17N3O7S/c15-3-6-8(18)9(19)10(20)11(21-6)22-4-5-1-14(13-12-5)2-7(16)17/h1,6,8-11,15,18-20H,2-4H2,(H,16,17)/t6-,8+,9+,10-,11+/m1/s1. The van der Waals surface area contributed by atoms with Gasteiger partial charge in [-0.25, -0.2) is 4.68 Å². The molecule has 0 unspecified atom stereocenters. The van der Waals surface area contributed by atoms with Crippen LogP contribution in [-0.2, 0) is 21.8 Å². The van der Waals surface area contributed by atoms with Crippen molar-refractivity contribution in [3.05, 3.63) is 11.9 Å². The zero-order valence-corrected chi connectivity index (χ0v) is 12.2. The quantitative estimate of drug-likeness (QED) is 0.373. The third-order valence-corrected chi connectivity index (χ3v) is 4.31. The van der Waals surface area contributed by atoms with Gasteiger partial charge < -0.3 is 30.3 Å². The summed E-state index contributed by atoms with van der Waals surface area (Å²) in [5, 5.41) is 54.3. The third-order valence-electron chi connectivity index (χ3n) is 3.13. The Kier molecular flexibility index (Phi) is 5.72. The predicted molar refractivity (Wildman–Crippen MR) is 72.7 cm³/mol. The SMILES string of the molecule is O=C(O)Cn1cc(CS[C@@H]2O[C@H](CO)[C@H](O)[C@H](O)[C@H]2O)nn1. The molecule has 0 aliphatic carbocycles. The summed E-state index contributed by atoms with van der Waals surface area (Å²) in [6, 6.07) is 0. The fraction of sp³-hybridized carbons (Fsp3) is 0.727. The number of carboxylic acid groups (broad SMARTS) is 1. The van der Waals surface area contributed by atoms with Gasteiger partial charge in [-0.2, -0.15) is 0 Å². The Morgan fingerprint density at radius 1 is 1.32 bits per heavy atom. The first-order valence-corrected chi connectivity index (χ1v) is 7.50. The van der Waals surface area contributed by atoms with Crippen molar-refractivity contribution < 1.29 is 35.1 Å². The van der Waals surface area contributed by atoms with E-state index < -0.39 is 42.4 Å². The predicted octanol–water partition coefficient (Wildman–Crippen LogP) is -2.60. The Morgan fingerprint density at radius 2 is 2.05 bits per heavy atom. The molecule has 1 aliphatic heterocycles. The summed E-state index contributed by atoms with van der Waals surface area (Å²) in [6.45, 7) is -0.797. The number of ether oxygens (including phenoxy) is 1. The molecule has 1 aromatic rings. The van der Waals surface area contributed by atoms with E-state index in [9.17, 15) is 20.1 Å². The van der Waals surface area contributed by atoms with Crippen molar-refractivity contribution in [3.63, 3.8) is 0 Å². The Morgan fingerprint density at radius 3 is 2.68 bits per heavy atom. The van der Waals surface area contributed by atoms with Gasteiger partial charge in [0, 0.05) is 11.9 Å². The van der Waals surface area contributed by atoms with E-state index in [4.69, 9.17) is 14.9 Å². The lowest BCUT2D eigenvalue weighted by Gasteiger charge is -2.39. The average Bonchev–Trinajstić information content (AvgIpc) is 2.91. The highest BCUT2D eigenvalue weighted by Crippen LogP contribution is 2.30. The van der Waals surface area contributed by atoms with Crippen LogP contribution < -0.4 is 0 Å². The molecule has 0 amide bonds. The fourth-order valence-corrected chi connectivity index (χ4v) is 3.04. The Labute approximate surface area is 129 Å². The molecule has 2 rings (SSSR count). The van der Waals surface area contributed by atoms with Gasteiger partial charge in [0.25, 0.3) is 0 Å². The number of carboxylic acids is 1. The molecule has 5 atom stereocenters. The maximum absolute atomic E-state index is 10.5. The summed E-state index contributed by atoms with van der Waals surface area (Å²) in [5.41, 5.74) is -0.386. The van der Waals surface area contributed by atoms with E-state index in [0.29, 0.717) is 5.69 Å². The van der Waals surface area contributed by atoms with Crippen LogP contribution in [0.3, 0.4) is 0 Å². The van der Waals surface area contributed by atoms with Crippen molar-refractivity contribution in [1.29, 1.82) is 0 Å². The normalized spacial score (nSPS) is 32.1. The number of thioether (sulfide) groups is 1. The van der Waals surface area contributed by atoms with E-state index in [-0.39, 0.29) is 12.3 Å². The average molecular weight is 335 g/mol. The third kappa shape index (κ3) is 3.94. The van der Waals surface area contributed by atoms with Crippen molar-refractivity contribution >= 4 is 17.7 Å². The second-order valence-corrected chi connectivity index (χ2v) is 5.90. The van der Waals surface area contributed by atoms with Gasteiger partial charge in [-0.3, -0.25) is 4.79 Å². The molecule has 1 saturated heterocycles. The van der Waals surface area contributed by atoms with Crippen LogP contribution >= 0.6 is 11.8 Å². The molecule has 10 nitrogen and oxygen atoms in total. The van der Waals surface area contributed by atoms with Gasteiger partial charge in [-0.1, -0.05) is 5.21 Å². The number of hydrogen-bond donors (Lipinski definition) is 5. The summed E-state index contributed by atoms with van der Waals surface area (Å²) in [5.74, 6) is -0.791. The molecule has 22 heavy (non-hydrogen) atoms. The minimum absolute atomic E-state index is 0.252. The number of aromatic nitrogens is 3. The molecule has 2 heterocycles. The maximum Gasteiger partial charge on any atom is 0.325 e. The topological polar surface area (TPSA) is 158 Å². The molecule has 1 aromatic heterocycles. The summed E-state index contributed by atoms with van der Waals surface area (Å²) >= 11 is 1.10. The monoisotopic (exact) mass is 335 g/mol. The van der Waals surface area contributed by atoms with Crippen LogP contribution in [0, 0.1) is 0 Å². The summed E-state index contributed by atoms with van der Waals surface area (Å²) in [6.07, 6.45) is -3.65. The first kappa shape index (κ1) is 17.1. The molecule has 1 fully saturated rings. The number of nitrogens with zero attached hydrogens (tertiary/aromatic N) is 3. The van der Waals surface area contributed by atoms with Gasteiger partial charge in [-0.05, 0) is 0 Å². The van der Waals surface area contributed by atoms with E-state index in [2.05, 4.69) is 10.3 Å². The summed E-state index contributed by atoms with van der Waals surface area (Å²) in [7, 11) is 0. The van der Waals surface area contributed by atoms with Crippen LogP contribution in [0.5, 0.6) is 0 Å². The highest BCUT2D eigenvalue weighted by Gasteiger charge is 2.43. The number of aliphatic hydroxyl groups is 4. The molecule has 0 spiro atoms. The maximum atomic E-state index is 10.5. The molecule has 5 N–H and O–H groups in total. The minimum atomic E-state index is -1.42. The Balaban J connectivity index is 1.92. The second kappa shape index (κ2) is 7.35. The van der Waals surface area contributed by atoms with Crippen molar-refractivity contribution in [2.45, 2.75) is 42.1 Å². The van der Waals surface area contributed by atoms with Crippen LogP contribution in [0.25, 0.3) is 0 Å². The first-order valence-electron chi connectivity index (χ1n) is 6.45. The summed E-state index contributed by atoms with van der Waals surface area (Å²) < 4.78 is 6.49. The minimum Gasteiger partial charge on any atom is -0.480 e. The molecule has 0 saturated carbocycles. The number of rotatable bonds is 6. The van der Waals surface area contributed by atoms with Gasteiger partial charge in [0.15, 0.2) is 0 Å². The Bertz CT molecular complexity index is 512. The number of carbonyl (C=O) groups is 1. The number of aliphatic hydroxyl groups excluding tert-OH is 4. The molecular formula is C11H17N3O7S. The van der Waals surface area contributed by atoms with E-state index >= 15 is 0 Å². The molecular weight excluding hydrogens is 318 g/mol. The van der Waals surface area contributed by atoms with Crippen molar-refractivity contribution in [2.24, 2.45) is 0 Å². The number of aliphatic carboxylic acids is 1. The highest BCUT2D eigenvalue weighted by atomic mass is 32.2. The lowest BCUT2D eigenvalue weighted by atomic mass is 10.0. The number of hydrogen-bond acceptors (Lipinski definition) is 9. The van der Waals surface area contributed by atoms with E-state index in [1.54, 1.807) is 0 Å². The van der Waals surface area contributed by atoms with E-state index in [0.717, 1.165) is 16.4 Å². The zero-order valence-electron chi connectivity index (χ0n) is 11.4. The fourth-order valence-electron chi connectivity index (χ4n) is 1.99. The van der Waals surface area contributed by atoms with E-state index in [1.807, 2.05) is 0 Å². The lowest BCUT2D eigenvalue weighted by molar-refractivity contribution is -0.205. The lowest BCUT2D eigenvalue weighted by Crippen LogP contribution is -2.57. The summed E-state index contributed by atoms with van der Waals surface area (Å²) in [4.78, 5) is 10.5. The van der Waals surface area contributed by atoms with Crippen molar-refractivity contribution in [2.75, 3.05) is 6.61 Å². The molecule has 1 aliphatic rings. The molecule has 0 aromatic carbocycles. The first-order chi connectivity index (χ1) is 10.4. The van der Waals surface area contributed by atoms with Gasteiger partial charge in [0.1, 0.15) is 36.4 Å². The smallest absolute Gasteiger partial charge is 0.325 e. The van der Waals surface area contributed by atoms with Crippen molar-refractivity contribution in [1.82, 2.24) is 15.0 Å². The highest BCUT2D eigenvalue weighted by molar-refractivity contribution is 7.99.